The number of hydrogen-bond donors (Lipinski definition) is 3. The molecule has 0 saturated carbocycles. The molecular formula is C14H20N2O5. The molecule has 0 heterocycles. The van der Waals surface area contributed by atoms with E-state index in [0.29, 0.717) is 23.6 Å². The van der Waals surface area contributed by atoms with Crippen LogP contribution in [0.4, 0.5) is 5.69 Å². The highest BCUT2D eigenvalue weighted by Gasteiger charge is 2.23. The molecule has 0 aliphatic rings. The van der Waals surface area contributed by atoms with Gasteiger partial charge in [0, 0.05) is 11.3 Å². The number of ether oxygens (including phenoxy) is 2. The summed E-state index contributed by atoms with van der Waals surface area (Å²) in [6, 6.07) is 3.38. The van der Waals surface area contributed by atoms with E-state index >= 15 is 0 Å². The van der Waals surface area contributed by atoms with Crippen molar-refractivity contribution in [1.82, 2.24) is 0 Å². The molecule has 1 aromatic carbocycles. The fourth-order valence-electron chi connectivity index (χ4n) is 1.64. The van der Waals surface area contributed by atoms with Gasteiger partial charge in [-0.2, -0.15) is 0 Å². The quantitative estimate of drug-likeness (QED) is 0.496. The minimum absolute atomic E-state index is 0.150. The van der Waals surface area contributed by atoms with E-state index in [1.807, 2.05) is 6.92 Å². The molecule has 0 aliphatic heterocycles. The lowest BCUT2D eigenvalue weighted by Gasteiger charge is -2.13. The van der Waals surface area contributed by atoms with E-state index in [1.54, 1.807) is 25.1 Å². The Morgan fingerprint density at radius 2 is 2.05 bits per heavy atom. The minimum Gasteiger partial charge on any atom is -0.494 e. The molecule has 1 rings (SSSR count). The number of nitrogens with two attached hydrogens (primary N) is 1. The Hall–Kier alpha value is -2.12. The maximum Gasteiger partial charge on any atom is 0.332 e. The van der Waals surface area contributed by atoms with Crippen LogP contribution in [-0.4, -0.2) is 36.2 Å². The molecule has 1 aromatic rings. The summed E-state index contributed by atoms with van der Waals surface area (Å²) in [6.45, 7) is 3.84. The zero-order chi connectivity index (χ0) is 15.8. The van der Waals surface area contributed by atoms with Crippen molar-refractivity contribution in [3.63, 3.8) is 0 Å². The number of anilines is 1. The number of hydrogen-bond acceptors (Lipinski definition) is 6. The molecule has 0 aliphatic carbocycles. The molecule has 0 fully saturated rings. The van der Waals surface area contributed by atoms with Crippen molar-refractivity contribution in [1.29, 1.82) is 0 Å². The van der Waals surface area contributed by atoms with E-state index in [0.717, 1.165) is 0 Å². The standard InChI is InChI=1S/C14H20N2O5/c1-3-20-11-6-5-10(7-9(11)8-17)16-13(18)12(15)14(19)21-4-2/h5-7,12,17H,3-4,8,15H2,1-2H3,(H,16,18). The first kappa shape index (κ1) is 16.9. The second-order valence-electron chi connectivity index (χ2n) is 4.13. The summed E-state index contributed by atoms with van der Waals surface area (Å²) >= 11 is 0. The normalized spacial score (nSPS) is 11.6. The zero-order valence-corrected chi connectivity index (χ0v) is 12.1. The molecule has 1 unspecified atom stereocenters. The lowest BCUT2D eigenvalue weighted by molar-refractivity contribution is -0.146. The molecule has 0 radical (unpaired) electrons. The number of carbonyl (C=O) groups is 2. The largest absolute Gasteiger partial charge is 0.494 e. The second kappa shape index (κ2) is 8.23. The molecule has 0 saturated heterocycles. The summed E-state index contributed by atoms with van der Waals surface area (Å²) < 4.78 is 10.0. The van der Waals surface area contributed by atoms with E-state index in [4.69, 9.17) is 10.5 Å². The third kappa shape index (κ3) is 4.73. The zero-order valence-electron chi connectivity index (χ0n) is 12.1. The Balaban J connectivity index is 2.78. The summed E-state index contributed by atoms with van der Waals surface area (Å²) in [6.07, 6.45) is 0. The Morgan fingerprint density at radius 1 is 1.33 bits per heavy atom. The van der Waals surface area contributed by atoms with Gasteiger partial charge < -0.3 is 25.6 Å². The smallest absolute Gasteiger partial charge is 0.332 e. The maximum atomic E-state index is 11.8. The molecule has 0 aromatic heterocycles. The molecule has 1 atom stereocenters. The average molecular weight is 296 g/mol. The number of amides is 1. The molecular weight excluding hydrogens is 276 g/mol. The molecule has 4 N–H and O–H groups in total. The van der Waals surface area contributed by atoms with E-state index in [2.05, 4.69) is 10.1 Å². The van der Waals surface area contributed by atoms with Crippen molar-refractivity contribution in [2.75, 3.05) is 18.5 Å². The van der Waals surface area contributed by atoms with E-state index in [1.165, 1.54) is 0 Å². The SMILES string of the molecule is CCOC(=O)C(N)C(=O)Nc1ccc(OCC)c(CO)c1. The summed E-state index contributed by atoms with van der Waals surface area (Å²) in [7, 11) is 0. The molecule has 7 heteroatoms. The summed E-state index contributed by atoms with van der Waals surface area (Å²) in [5.74, 6) is -0.933. The van der Waals surface area contributed by atoms with Crippen molar-refractivity contribution in [2.24, 2.45) is 5.73 Å². The third-order valence-electron chi connectivity index (χ3n) is 2.62. The van der Waals surface area contributed by atoms with Gasteiger partial charge >= 0.3 is 5.97 Å². The van der Waals surface area contributed by atoms with Crippen LogP contribution in [0.2, 0.25) is 0 Å². The number of rotatable bonds is 7. The first-order valence-electron chi connectivity index (χ1n) is 6.63. The molecule has 7 nitrogen and oxygen atoms in total. The van der Waals surface area contributed by atoms with Crippen molar-refractivity contribution >= 4 is 17.6 Å². The van der Waals surface area contributed by atoms with Gasteiger partial charge in [-0.25, -0.2) is 4.79 Å². The number of aliphatic hydroxyl groups excluding tert-OH is 1. The number of carbonyl (C=O) groups excluding carboxylic acids is 2. The van der Waals surface area contributed by atoms with Gasteiger partial charge in [0.05, 0.1) is 19.8 Å². The highest BCUT2D eigenvalue weighted by molar-refractivity contribution is 6.08. The van der Waals surface area contributed by atoms with Crippen LogP contribution < -0.4 is 15.8 Å². The number of nitrogens with one attached hydrogen (secondary N) is 1. The predicted octanol–water partition coefficient (Wildman–Crippen LogP) is 0.407. The van der Waals surface area contributed by atoms with E-state index in [-0.39, 0.29) is 13.2 Å². The monoisotopic (exact) mass is 296 g/mol. The Bertz CT molecular complexity index is 504. The highest BCUT2D eigenvalue weighted by atomic mass is 16.5. The van der Waals surface area contributed by atoms with Crippen LogP contribution in [0.5, 0.6) is 5.75 Å². The van der Waals surface area contributed by atoms with Crippen LogP contribution in [0.15, 0.2) is 18.2 Å². The lowest BCUT2D eigenvalue weighted by atomic mass is 10.1. The fourth-order valence-corrected chi connectivity index (χ4v) is 1.64. The topological polar surface area (TPSA) is 111 Å². The van der Waals surface area contributed by atoms with Gasteiger partial charge in [-0.3, -0.25) is 4.79 Å². The highest BCUT2D eigenvalue weighted by Crippen LogP contribution is 2.23. The summed E-state index contributed by atoms with van der Waals surface area (Å²) in [4.78, 5) is 23.2. The Morgan fingerprint density at radius 3 is 2.62 bits per heavy atom. The molecule has 0 bridgehead atoms. The minimum atomic E-state index is -1.39. The molecule has 1 amide bonds. The number of aliphatic hydroxyl groups is 1. The lowest BCUT2D eigenvalue weighted by Crippen LogP contribution is -2.43. The van der Waals surface area contributed by atoms with Crippen molar-refractivity contribution in [2.45, 2.75) is 26.5 Å². The predicted molar refractivity (Wildman–Crippen MR) is 76.8 cm³/mol. The molecule has 116 valence electrons. The van der Waals surface area contributed by atoms with Crippen molar-refractivity contribution in [3.05, 3.63) is 23.8 Å². The molecule has 0 spiro atoms. The first-order chi connectivity index (χ1) is 10.0. The van der Waals surface area contributed by atoms with E-state index < -0.39 is 17.9 Å². The van der Waals surface area contributed by atoms with Gasteiger partial charge in [0.2, 0.25) is 0 Å². The number of benzene rings is 1. The van der Waals surface area contributed by atoms with Crippen molar-refractivity contribution in [3.8, 4) is 5.75 Å². The van der Waals surface area contributed by atoms with Gasteiger partial charge in [0.15, 0.2) is 6.04 Å². The van der Waals surface area contributed by atoms with Gasteiger partial charge in [0.25, 0.3) is 5.91 Å². The van der Waals surface area contributed by atoms with Crippen molar-refractivity contribution < 1.29 is 24.2 Å². The van der Waals surface area contributed by atoms with Gasteiger partial charge in [-0.05, 0) is 32.0 Å². The van der Waals surface area contributed by atoms with Crippen LogP contribution in [0, 0.1) is 0 Å². The van der Waals surface area contributed by atoms with Crippen LogP contribution in [-0.2, 0) is 20.9 Å². The first-order valence-corrected chi connectivity index (χ1v) is 6.63. The Labute approximate surface area is 123 Å². The fraction of sp³-hybridized carbons (Fsp3) is 0.429. The van der Waals surface area contributed by atoms with Gasteiger partial charge in [-0.15, -0.1) is 0 Å². The second-order valence-corrected chi connectivity index (χ2v) is 4.13. The van der Waals surface area contributed by atoms with Gasteiger partial charge in [-0.1, -0.05) is 0 Å². The van der Waals surface area contributed by atoms with Crippen LogP contribution in [0.25, 0.3) is 0 Å². The van der Waals surface area contributed by atoms with Crippen LogP contribution >= 0.6 is 0 Å². The summed E-state index contributed by atoms with van der Waals surface area (Å²) in [5.41, 5.74) is 6.42. The molecule has 21 heavy (non-hydrogen) atoms. The number of esters is 1. The maximum absolute atomic E-state index is 11.8. The van der Waals surface area contributed by atoms with Gasteiger partial charge in [0.1, 0.15) is 5.75 Å². The van der Waals surface area contributed by atoms with Crippen LogP contribution in [0.1, 0.15) is 19.4 Å². The Kier molecular flexibility index (Phi) is 6.64. The third-order valence-corrected chi connectivity index (χ3v) is 2.62. The van der Waals surface area contributed by atoms with Crippen LogP contribution in [0.3, 0.4) is 0 Å². The summed E-state index contributed by atoms with van der Waals surface area (Å²) in [5, 5.41) is 11.8. The average Bonchev–Trinajstić information content (AvgIpc) is 2.48. The van der Waals surface area contributed by atoms with E-state index in [9.17, 15) is 14.7 Å².